The first kappa shape index (κ1) is 48.1. The third-order valence-corrected chi connectivity index (χ3v) is 11.6. The number of hydrogen-bond donors (Lipinski definition) is 4. The molecule has 2 aliphatic heterocycles. The van der Waals surface area contributed by atoms with Crippen molar-refractivity contribution in [1.29, 1.82) is 0 Å². The minimum Gasteiger partial charge on any atom is -0.390 e. The molecular formula is C51H56N6O10. The zero-order valence-electron chi connectivity index (χ0n) is 37.4. The molecule has 4 aliphatic rings. The Balaban J connectivity index is 0.000000155. The molecule has 2 saturated carbocycles. The first-order chi connectivity index (χ1) is 32.4. The summed E-state index contributed by atoms with van der Waals surface area (Å²) in [6.07, 6.45) is 15.4. The van der Waals surface area contributed by atoms with Gasteiger partial charge >= 0.3 is 23.3 Å². The summed E-state index contributed by atoms with van der Waals surface area (Å²) in [4.78, 5) is 68.4. The van der Waals surface area contributed by atoms with E-state index < -0.39 is 48.0 Å². The van der Waals surface area contributed by atoms with E-state index in [0.717, 1.165) is 18.4 Å². The van der Waals surface area contributed by atoms with Crippen molar-refractivity contribution >= 4 is 41.6 Å². The highest BCUT2D eigenvalue weighted by atomic mass is 16.6. The number of amides is 1. The first-order valence-corrected chi connectivity index (χ1v) is 22.7. The SMILES string of the molecule is CC[C@H]1O[C@@H](n2cc(/C=C/C3CC3)c(N)nc2=O)CC1O.CC[C@H]1O[C@@H](n2cc(/C=C/C3CC3)c(NC(=O)c3ccccc3)nc2=O)CC1O.O=C(OC(=O)c1ccccc1)c1ccccc1. The predicted octanol–water partition coefficient (Wildman–Crippen LogP) is 6.97. The molecule has 5 N–H and O–H groups in total. The van der Waals surface area contributed by atoms with Gasteiger partial charge in [0.05, 0.1) is 35.5 Å². The molecule has 2 aliphatic carbocycles. The van der Waals surface area contributed by atoms with E-state index in [0.29, 0.717) is 59.8 Å². The van der Waals surface area contributed by atoms with Crippen LogP contribution in [-0.4, -0.2) is 71.6 Å². The van der Waals surface area contributed by atoms with E-state index in [4.69, 9.17) is 19.9 Å². The maximum atomic E-state index is 12.7. The number of allylic oxidation sites excluding steroid dienone is 2. The van der Waals surface area contributed by atoms with Crippen molar-refractivity contribution in [2.45, 2.75) is 102 Å². The third kappa shape index (κ3) is 13.2. The van der Waals surface area contributed by atoms with E-state index in [1.54, 1.807) is 97.3 Å². The molecule has 4 fully saturated rings. The second kappa shape index (κ2) is 22.6. The summed E-state index contributed by atoms with van der Waals surface area (Å²) in [5.74, 6) is 0.0102. The van der Waals surface area contributed by atoms with Crippen molar-refractivity contribution in [3.8, 4) is 0 Å². The Hall–Kier alpha value is -6.85. The maximum absolute atomic E-state index is 12.7. The number of carbonyl (C=O) groups is 3. The Morgan fingerprint density at radius 1 is 0.672 bits per heavy atom. The smallest absolute Gasteiger partial charge is 0.351 e. The Morgan fingerprint density at radius 3 is 1.52 bits per heavy atom. The summed E-state index contributed by atoms with van der Waals surface area (Å²) >= 11 is 0. The fraction of sp³-hybridized carbons (Fsp3) is 0.353. The van der Waals surface area contributed by atoms with Crippen LogP contribution in [0.2, 0.25) is 0 Å². The Morgan fingerprint density at radius 2 is 1.09 bits per heavy atom. The Kier molecular flexibility index (Phi) is 16.2. The average Bonchev–Trinajstić information content (AvgIpc) is 4.28. The van der Waals surface area contributed by atoms with Crippen molar-refractivity contribution in [3.63, 3.8) is 0 Å². The van der Waals surface area contributed by atoms with Gasteiger partial charge in [-0.2, -0.15) is 9.97 Å². The van der Waals surface area contributed by atoms with E-state index in [1.165, 1.54) is 22.0 Å². The number of rotatable bonds is 12. The van der Waals surface area contributed by atoms with Gasteiger partial charge in [0.25, 0.3) is 5.91 Å². The number of esters is 2. The van der Waals surface area contributed by atoms with Gasteiger partial charge in [-0.15, -0.1) is 0 Å². The second-order valence-corrected chi connectivity index (χ2v) is 16.8. The summed E-state index contributed by atoms with van der Waals surface area (Å²) in [5.41, 5.74) is 7.41. The van der Waals surface area contributed by atoms with Crippen LogP contribution < -0.4 is 22.4 Å². The lowest BCUT2D eigenvalue weighted by atomic mass is 10.1. The Labute approximate surface area is 387 Å². The van der Waals surface area contributed by atoms with Crippen LogP contribution in [0.1, 0.15) is 120 Å². The van der Waals surface area contributed by atoms with Gasteiger partial charge in [-0.05, 0) is 86.8 Å². The molecule has 67 heavy (non-hydrogen) atoms. The monoisotopic (exact) mass is 912 g/mol. The van der Waals surface area contributed by atoms with Crippen molar-refractivity contribution in [1.82, 2.24) is 19.1 Å². The first-order valence-electron chi connectivity index (χ1n) is 22.7. The number of anilines is 2. The van der Waals surface area contributed by atoms with Crippen LogP contribution in [0, 0.1) is 11.8 Å². The van der Waals surface area contributed by atoms with Crippen LogP contribution in [0.4, 0.5) is 11.6 Å². The second-order valence-electron chi connectivity index (χ2n) is 16.8. The topological polar surface area (TPSA) is 227 Å². The van der Waals surface area contributed by atoms with E-state index in [2.05, 4.69) is 27.4 Å². The summed E-state index contributed by atoms with van der Waals surface area (Å²) in [6.45, 7) is 3.88. The third-order valence-electron chi connectivity index (χ3n) is 11.6. The highest BCUT2D eigenvalue weighted by molar-refractivity contribution is 6.04. The molecule has 1 amide bonds. The van der Waals surface area contributed by atoms with Crippen LogP contribution >= 0.6 is 0 Å². The van der Waals surface area contributed by atoms with Gasteiger partial charge < -0.3 is 35.5 Å². The number of carbonyl (C=O) groups excluding carboxylic acids is 3. The molecular weight excluding hydrogens is 857 g/mol. The summed E-state index contributed by atoms with van der Waals surface area (Å²) in [7, 11) is 0. The number of aliphatic hydroxyl groups is 2. The molecule has 2 saturated heterocycles. The van der Waals surface area contributed by atoms with Gasteiger partial charge in [-0.3, -0.25) is 13.9 Å². The molecule has 0 bridgehead atoms. The van der Waals surface area contributed by atoms with Gasteiger partial charge in [-0.1, -0.05) is 92.7 Å². The molecule has 6 atom stereocenters. The van der Waals surface area contributed by atoms with Crippen LogP contribution in [0.15, 0.2) is 125 Å². The van der Waals surface area contributed by atoms with Crippen LogP contribution in [0.25, 0.3) is 12.2 Å². The molecule has 16 nitrogen and oxygen atoms in total. The zero-order chi connectivity index (χ0) is 47.5. The summed E-state index contributed by atoms with van der Waals surface area (Å²) < 4.78 is 19.1. The van der Waals surface area contributed by atoms with Crippen LogP contribution in [-0.2, 0) is 14.2 Å². The molecule has 0 spiro atoms. The van der Waals surface area contributed by atoms with Gasteiger partial charge in [0, 0.05) is 41.9 Å². The highest BCUT2D eigenvalue weighted by Gasteiger charge is 2.36. The zero-order valence-corrected chi connectivity index (χ0v) is 37.4. The molecule has 5 aromatic rings. The number of nitrogens with one attached hydrogen (secondary N) is 1. The van der Waals surface area contributed by atoms with E-state index in [9.17, 15) is 34.2 Å². The largest absolute Gasteiger partial charge is 0.390 e. The lowest BCUT2D eigenvalue weighted by Gasteiger charge is -2.17. The normalized spacial score (nSPS) is 22.1. The fourth-order valence-corrected chi connectivity index (χ4v) is 7.43. The van der Waals surface area contributed by atoms with Crippen molar-refractivity contribution in [2.24, 2.45) is 11.8 Å². The van der Waals surface area contributed by atoms with E-state index in [-0.39, 0.29) is 29.8 Å². The number of nitrogen functional groups attached to an aromatic ring is 1. The number of benzene rings is 3. The number of nitrogens with two attached hydrogens (primary N) is 1. The van der Waals surface area contributed by atoms with Crippen LogP contribution in [0.3, 0.4) is 0 Å². The van der Waals surface area contributed by atoms with Crippen molar-refractivity contribution < 1.29 is 38.8 Å². The van der Waals surface area contributed by atoms with Crippen LogP contribution in [0.5, 0.6) is 0 Å². The number of ether oxygens (including phenoxy) is 3. The van der Waals surface area contributed by atoms with Gasteiger partial charge in [-0.25, -0.2) is 19.2 Å². The van der Waals surface area contributed by atoms with Crippen molar-refractivity contribution in [3.05, 3.63) is 164 Å². The number of aromatic nitrogens is 4. The summed E-state index contributed by atoms with van der Waals surface area (Å²) in [6, 6.07) is 25.6. The minimum absolute atomic E-state index is 0.225. The van der Waals surface area contributed by atoms with E-state index >= 15 is 0 Å². The number of nitrogens with zero attached hydrogens (tertiary/aromatic N) is 4. The molecule has 3 aromatic carbocycles. The molecule has 350 valence electrons. The van der Waals surface area contributed by atoms with Gasteiger partial charge in [0.2, 0.25) is 0 Å². The Bertz CT molecular complexity index is 2610. The average molecular weight is 913 g/mol. The highest BCUT2D eigenvalue weighted by Crippen LogP contribution is 2.34. The van der Waals surface area contributed by atoms with Crippen molar-refractivity contribution in [2.75, 3.05) is 11.1 Å². The quantitative estimate of drug-likeness (QED) is 0.0734. The summed E-state index contributed by atoms with van der Waals surface area (Å²) in [5, 5.41) is 22.8. The molecule has 2 aromatic heterocycles. The minimum atomic E-state index is -0.639. The molecule has 16 heteroatoms. The van der Waals surface area contributed by atoms with Gasteiger partial charge in [0.1, 0.15) is 24.1 Å². The number of hydrogen-bond acceptors (Lipinski definition) is 13. The lowest BCUT2D eigenvalue weighted by Crippen LogP contribution is -2.29. The fourth-order valence-electron chi connectivity index (χ4n) is 7.43. The van der Waals surface area contributed by atoms with E-state index in [1.807, 2.05) is 32.1 Å². The lowest BCUT2D eigenvalue weighted by molar-refractivity contribution is -0.0217. The predicted molar refractivity (Wildman–Crippen MR) is 252 cm³/mol. The standard InChI is InChI=1S/C22H25N3O4.C15H21N3O3.C14H10O3/c1-2-18-17(26)12-19(29-18)25-13-16(11-10-14-8-9-14)20(24-22(25)28)23-21(27)15-6-4-3-5-7-15;1-2-12-11(19)7-13(21-12)18-8-10(6-5-9-3-4-9)14(16)17-15(18)20;15-13(11-7-3-1-4-8-11)17-14(16)12-9-5-2-6-10-12/h3-7,10-11,13-14,17-19,26H,2,8-9,12H2,1H3,(H,23,24,27,28);5-6,8-9,11-13,19H,2-4,7H2,1H3,(H2,16,17,20);1-10H/b11-10+;6-5+;/t17?,18-,19-;11?,12-,13-;/m11./s1. The van der Waals surface area contributed by atoms with Gasteiger partial charge in [0.15, 0.2) is 0 Å². The number of aliphatic hydroxyl groups excluding tert-OH is 2. The molecule has 4 heterocycles. The molecule has 2 unspecified atom stereocenters. The molecule has 9 rings (SSSR count). The molecule has 0 radical (unpaired) electrons. The maximum Gasteiger partial charge on any atom is 0.351 e.